The monoisotopic (exact) mass is 374 g/mol. The van der Waals surface area contributed by atoms with Gasteiger partial charge in [0.15, 0.2) is 0 Å². The van der Waals surface area contributed by atoms with Crippen molar-refractivity contribution in [2.75, 3.05) is 13.1 Å². The fourth-order valence-corrected chi connectivity index (χ4v) is 3.01. The lowest BCUT2D eigenvalue weighted by atomic mass is 9.78. The zero-order valence-corrected chi connectivity index (χ0v) is 14.3. The largest absolute Gasteiger partial charge is 0.480 e. The van der Waals surface area contributed by atoms with Crippen molar-refractivity contribution in [1.82, 2.24) is 4.90 Å². The molecule has 1 fully saturated rings. The van der Waals surface area contributed by atoms with E-state index in [0.717, 1.165) is 12.1 Å². The van der Waals surface area contributed by atoms with Crippen LogP contribution in [0.2, 0.25) is 6.32 Å². The molecule has 1 aromatic carbocycles. The average Bonchev–Trinajstić information content (AvgIpc) is 2.86. The number of carbonyl (C=O) groups is 2. The van der Waals surface area contributed by atoms with Crippen molar-refractivity contribution < 1.29 is 29.1 Å². The highest BCUT2D eigenvalue weighted by Gasteiger charge is 2.50. The van der Waals surface area contributed by atoms with Gasteiger partial charge < -0.3 is 25.8 Å². The molecule has 0 bridgehead atoms. The third-order valence-electron chi connectivity index (χ3n) is 4.41. The van der Waals surface area contributed by atoms with Gasteiger partial charge in [-0.3, -0.25) is 9.59 Å². The number of nitrogens with two attached hydrogens (primary N) is 1. The van der Waals surface area contributed by atoms with Crippen LogP contribution in [0.5, 0.6) is 0 Å². The number of likely N-dealkylation sites (tertiary alicyclic amines) is 1. The average molecular weight is 375 g/mol. The molecular weight excluding hydrogens is 353 g/mol. The summed E-state index contributed by atoms with van der Waals surface area (Å²) in [6, 6.07) is 5.00. The number of nitrogens with zero attached hydrogens (tertiary/aromatic N) is 1. The first-order chi connectivity index (χ1) is 11.2. The molecule has 0 aromatic heterocycles. The Hall–Kier alpha value is -1.68. The topological polar surface area (TPSA) is 124 Å². The molecule has 1 saturated heterocycles. The number of hydrogen-bond acceptors (Lipinski definition) is 5. The van der Waals surface area contributed by atoms with Crippen LogP contribution < -0.4 is 5.73 Å². The van der Waals surface area contributed by atoms with Crippen LogP contribution in [0.3, 0.4) is 0 Å². The van der Waals surface area contributed by atoms with Crippen LogP contribution >= 0.6 is 12.4 Å². The Morgan fingerprint density at radius 3 is 2.44 bits per heavy atom. The van der Waals surface area contributed by atoms with Gasteiger partial charge >= 0.3 is 13.1 Å². The Kier molecular flexibility index (Phi) is 7.36. The first-order valence-corrected chi connectivity index (χ1v) is 7.67. The number of carboxylic acids is 1. The van der Waals surface area contributed by atoms with Crippen LogP contribution in [0.15, 0.2) is 24.3 Å². The van der Waals surface area contributed by atoms with E-state index in [2.05, 4.69) is 0 Å². The molecular formula is C15H21BClFN2O5. The summed E-state index contributed by atoms with van der Waals surface area (Å²) in [6.45, 7) is 0.00538. The van der Waals surface area contributed by atoms with Crippen molar-refractivity contribution in [3.63, 3.8) is 0 Å². The molecule has 1 amide bonds. The van der Waals surface area contributed by atoms with Crippen molar-refractivity contribution in [2.24, 2.45) is 11.7 Å². The second kappa shape index (κ2) is 8.62. The fraction of sp³-hybridized carbons (Fsp3) is 0.467. The Morgan fingerprint density at radius 1 is 1.32 bits per heavy atom. The smallest absolute Gasteiger partial charge is 0.451 e. The molecule has 7 nitrogen and oxygen atoms in total. The van der Waals surface area contributed by atoms with Crippen molar-refractivity contribution in [2.45, 2.75) is 24.7 Å². The molecule has 0 saturated carbocycles. The number of benzene rings is 1. The van der Waals surface area contributed by atoms with Gasteiger partial charge in [0.25, 0.3) is 5.91 Å². The Bertz CT molecular complexity index is 618. The Labute approximate surface area is 151 Å². The van der Waals surface area contributed by atoms with Gasteiger partial charge in [0.05, 0.1) is 6.54 Å². The van der Waals surface area contributed by atoms with E-state index < -0.39 is 36.3 Å². The SMILES string of the molecule is Cl.N[C@@]1(C(=O)O)CN(C(=O)c2ccc(F)cc2)C[C@@H]1CCCB(O)O. The number of hydrogen-bond donors (Lipinski definition) is 4. The minimum atomic E-state index is -1.59. The highest BCUT2D eigenvalue weighted by molar-refractivity contribution is 6.40. The fourth-order valence-electron chi connectivity index (χ4n) is 3.01. The van der Waals surface area contributed by atoms with Gasteiger partial charge in [-0.1, -0.05) is 6.42 Å². The Morgan fingerprint density at radius 2 is 1.92 bits per heavy atom. The molecule has 0 aliphatic carbocycles. The van der Waals surface area contributed by atoms with Crippen LogP contribution in [0, 0.1) is 11.7 Å². The van der Waals surface area contributed by atoms with Crippen molar-refractivity contribution in [3.05, 3.63) is 35.6 Å². The van der Waals surface area contributed by atoms with Crippen LogP contribution in [0.1, 0.15) is 23.2 Å². The molecule has 0 radical (unpaired) electrons. The molecule has 0 spiro atoms. The summed E-state index contributed by atoms with van der Waals surface area (Å²) >= 11 is 0. The highest BCUT2D eigenvalue weighted by atomic mass is 35.5. The van der Waals surface area contributed by atoms with Crippen LogP contribution in [0.25, 0.3) is 0 Å². The molecule has 1 aliphatic heterocycles. The van der Waals surface area contributed by atoms with Gasteiger partial charge in [-0.15, -0.1) is 12.4 Å². The lowest BCUT2D eigenvalue weighted by molar-refractivity contribution is -0.144. The first-order valence-electron chi connectivity index (χ1n) is 7.67. The number of carboxylic acid groups (broad SMARTS) is 1. The minimum Gasteiger partial charge on any atom is -0.480 e. The van der Waals surface area contributed by atoms with Gasteiger partial charge in [0, 0.05) is 18.0 Å². The van der Waals surface area contributed by atoms with Crippen LogP contribution in [0.4, 0.5) is 4.39 Å². The first kappa shape index (κ1) is 21.4. The van der Waals surface area contributed by atoms with Gasteiger partial charge in [0.1, 0.15) is 11.4 Å². The summed E-state index contributed by atoms with van der Waals surface area (Å²) in [5, 5.41) is 27.2. The quantitative estimate of drug-likeness (QED) is 0.533. The van der Waals surface area contributed by atoms with Crippen LogP contribution in [-0.4, -0.2) is 57.7 Å². The van der Waals surface area contributed by atoms with Crippen molar-refractivity contribution in [1.29, 1.82) is 0 Å². The van der Waals surface area contributed by atoms with E-state index in [9.17, 15) is 19.1 Å². The Balaban J connectivity index is 0.00000312. The molecule has 10 heteroatoms. The normalized spacial score (nSPS) is 22.4. The molecule has 138 valence electrons. The summed E-state index contributed by atoms with van der Waals surface area (Å²) in [4.78, 5) is 25.4. The molecule has 2 rings (SSSR count). The molecule has 1 heterocycles. The zero-order chi connectivity index (χ0) is 17.9. The van der Waals surface area contributed by atoms with E-state index in [1.54, 1.807) is 0 Å². The van der Waals surface area contributed by atoms with Crippen molar-refractivity contribution in [3.8, 4) is 0 Å². The molecule has 1 aliphatic rings. The van der Waals surface area contributed by atoms with Gasteiger partial charge in [-0.2, -0.15) is 0 Å². The predicted octanol–water partition coefficient (Wildman–Crippen LogP) is 0.355. The van der Waals surface area contributed by atoms with E-state index in [0.29, 0.717) is 12.8 Å². The maximum atomic E-state index is 13.0. The maximum absolute atomic E-state index is 13.0. The van der Waals surface area contributed by atoms with E-state index >= 15 is 0 Å². The highest BCUT2D eigenvalue weighted by Crippen LogP contribution is 2.31. The third kappa shape index (κ3) is 4.91. The van der Waals surface area contributed by atoms with E-state index in [-0.39, 0.29) is 37.4 Å². The summed E-state index contributed by atoms with van der Waals surface area (Å²) < 4.78 is 13.0. The number of halogens is 2. The van der Waals surface area contributed by atoms with E-state index in [4.69, 9.17) is 15.8 Å². The molecule has 25 heavy (non-hydrogen) atoms. The summed E-state index contributed by atoms with van der Waals surface area (Å²) in [5.41, 5.74) is 4.69. The van der Waals surface area contributed by atoms with Gasteiger partial charge in [-0.25, -0.2) is 4.39 Å². The number of amides is 1. The molecule has 2 atom stereocenters. The van der Waals surface area contributed by atoms with Crippen LogP contribution in [-0.2, 0) is 4.79 Å². The minimum absolute atomic E-state index is 0. The second-order valence-corrected chi connectivity index (χ2v) is 6.15. The van der Waals surface area contributed by atoms with Gasteiger partial charge in [-0.05, 0) is 37.0 Å². The van der Waals surface area contributed by atoms with E-state index in [1.165, 1.54) is 17.0 Å². The maximum Gasteiger partial charge on any atom is 0.451 e. The summed E-state index contributed by atoms with van der Waals surface area (Å²) in [6.07, 6.45) is 0.846. The number of carbonyl (C=O) groups excluding carboxylic acids is 1. The number of aliphatic carboxylic acids is 1. The van der Waals surface area contributed by atoms with Gasteiger partial charge in [0.2, 0.25) is 0 Å². The standard InChI is InChI=1S/C15H20BFN2O5.ClH/c17-12-5-3-10(4-6-12)13(20)19-8-11(2-1-7-16(23)24)15(18,9-19)14(21)22;/h3-6,11,23-24H,1-2,7-9,18H2,(H,21,22);1H/t11-,15-;/m0./s1. The lowest BCUT2D eigenvalue weighted by Gasteiger charge is -2.25. The third-order valence-corrected chi connectivity index (χ3v) is 4.41. The molecule has 1 aromatic rings. The predicted molar refractivity (Wildman–Crippen MR) is 91.8 cm³/mol. The second-order valence-electron chi connectivity index (χ2n) is 6.15. The number of rotatable bonds is 6. The lowest BCUT2D eigenvalue weighted by Crippen LogP contribution is -2.55. The molecule has 5 N–H and O–H groups in total. The van der Waals surface area contributed by atoms with Crippen molar-refractivity contribution >= 4 is 31.4 Å². The van der Waals surface area contributed by atoms with E-state index in [1.807, 2.05) is 0 Å². The summed E-state index contributed by atoms with van der Waals surface area (Å²) in [7, 11) is -1.46. The zero-order valence-electron chi connectivity index (χ0n) is 13.5. The summed E-state index contributed by atoms with van der Waals surface area (Å²) in [5.74, 6) is -2.58. The molecule has 0 unspecified atom stereocenters.